The summed E-state index contributed by atoms with van der Waals surface area (Å²) in [6, 6.07) is 17.2. The number of aryl methyl sites for hydroxylation is 1. The Morgan fingerprint density at radius 1 is 0.964 bits per heavy atom. The molecule has 1 saturated heterocycles. The zero-order chi connectivity index (χ0) is 39.8. The molecule has 56 heavy (non-hydrogen) atoms. The third-order valence-corrected chi connectivity index (χ3v) is 11.6. The van der Waals surface area contributed by atoms with Crippen LogP contribution in [0.25, 0.3) is 11.1 Å². The van der Waals surface area contributed by atoms with E-state index in [0.29, 0.717) is 44.6 Å². The fourth-order valence-corrected chi connectivity index (χ4v) is 7.49. The summed E-state index contributed by atoms with van der Waals surface area (Å²) in [5.41, 5.74) is 7.17. The minimum atomic E-state index is -1.75. The summed E-state index contributed by atoms with van der Waals surface area (Å²) in [7, 11) is 0. The number of nitrogens with one attached hydrogen (secondary N) is 2. The summed E-state index contributed by atoms with van der Waals surface area (Å²) in [5, 5.41) is 54.5. The minimum absolute atomic E-state index is 0.0635. The van der Waals surface area contributed by atoms with Crippen LogP contribution in [-0.2, 0) is 21.7 Å². The second-order valence-corrected chi connectivity index (χ2v) is 15.9. The van der Waals surface area contributed by atoms with Crippen LogP contribution < -0.4 is 15.4 Å². The molecule has 13 heteroatoms. The average molecular weight is 774 g/mol. The number of amides is 2. The van der Waals surface area contributed by atoms with Crippen LogP contribution in [-0.4, -0.2) is 129 Å². The first kappa shape index (κ1) is 41.7. The Kier molecular flexibility index (Phi) is 14.1. The van der Waals surface area contributed by atoms with Gasteiger partial charge >= 0.3 is 0 Å². The molecule has 3 aromatic rings. The summed E-state index contributed by atoms with van der Waals surface area (Å²) < 4.78 is 6.29. The summed E-state index contributed by atoms with van der Waals surface area (Å²) >= 11 is 0. The largest absolute Gasteiger partial charge is 0.490 e. The van der Waals surface area contributed by atoms with E-state index in [1.54, 1.807) is 0 Å². The molecule has 2 amide bonds. The van der Waals surface area contributed by atoms with Crippen molar-refractivity contribution in [3.05, 3.63) is 83.2 Å². The number of benzene rings is 2. The van der Waals surface area contributed by atoms with Gasteiger partial charge in [-0.15, -0.1) is 0 Å². The van der Waals surface area contributed by atoms with Gasteiger partial charge in [0.2, 0.25) is 11.8 Å². The highest BCUT2D eigenvalue weighted by atomic mass is 16.5. The lowest BCUT2D eigenvalue weighted by molar-refractivity contribution is -0.133. The Morgan fingerprint density at radius 3 is 2.41 bits per heavy atom. The number of rotatable bonds is 20. The van der Waals surface area contributed by atoms with E-state index in [1.165, 1.54) is 27.8 Å². The molecule has 1 aliphatic heterocycles. The first-order valence-electron chi connectivity index (χ1n) is 20.1. The van der Waals surface area contributed by atoms with Gasteiger partial charge in [-0.3, -0.25) is 19.5 Å². The standard InChI is InChI=1S/C43H59N5O8/c1-28(6-5-9-40(53)48-20-18-47(19-21-48)26-39(52)45-25-36(50)41(54)42(55)37(51)27-49)30-11-10-29(2)31(22-30)23-46-43(15-16-43)35-24-44-17-14-33(35)34-7-3-4-8-38(34)56-32-12-13-32/h3-4,7-8,10-11,14,17,22,24,28,32,36-37,41-42,46,49-51,54-55H,5-6,9,12-13,15-16,18-21,23,25-27H2,1-2H3,(H,45,52)/t28?,36-,37+,41+,42+/m0/s1. The number of piperazine rings is 1. The molecule has 6 rings (SSSR count). The first-order valence-corrected chi connectivity index (χ1v) is 20.1. The molecule has 0 radical (unpaired) electrons. The van der Waals surface area contributed by atoms with Gasteiger partial charge in [-0.05, 0) is 91.3 Å². The van der Waals surface area contributed by atoms with Gasteiger partial charge in [0.1, 0.15) is 24.1 Å². The van der Waals surface area contributed by atoms with Crippen LogP contribution in [0, 0.1) is 6.92 Å². The topological polar surface area (TPSA) is 188 Å². The van der Waals surface area contributed by atoms with Crippen LogP contribution in [0.5, 0.6) is 5.75 Å². The number of ether oxygens (including phenoxy) is 1. The van der Waals surface area contributed by atoms with E-state index in [1.807, 2.05) is 28.3 Å². The molecule has 0 bridgehead atoms. The van der Waals surface area contributed by atoms with Crippen molar-refractivity contribution < 1.29 is 39.9 Å². The van der Waals surface area contributed by atoms with Crippen LogP contribution in [0.3, 0.4) is 0 Å². The molecule has 3 fully saturated rings. The van der Waals surface area contributed by atoms with E-state index in [9.17, 15) is 30.0 Å². The van der Waals surface area contributed by atoms with Crippen LogP contribution in [0.1, 0.15) is 80.0 Å². The fourth-order valence-electron chi connectivity index (χ4n) is 7.49. The van der Waals surface area contributed by atoms with Crippen LogP contribution in [0.2, 0.25) is 0 Å². The number of aliphatic hydroxyl groups is 5. The molecule has 0 spiro atoms. The number of carbonyl (C=O) groups is 2. The Morgan fingerprint density at radius 2 is 1.70 bits per heavy atom. The van der Waals surface area contributed by atoms with Crippen molar-refractivity contribution in [3.63, 3.8) is 0 Å². The molecule has 7 N–H and O–H groups in total. The lowest BCUT2D eigenvalue weighted by Gasteiger charge is -2.34. The lowest BCUT2D eigenvalue weighted by Crippen LogP contribution is -2.53. The minimum Gasteiger partial charge on any atom is -0.490 e. The smallest absolute Gasteiger partial charge is 0.234 e. The number of pyridine rings is 1. The molecular weight excluding hydrogens is 714 g/mol. The number of hydrogen-bond acceptors (Lipinski definition) is 11. The number of nitrogens with zero attached hydrogens (tertiary/aromatic N) is 3. The molecule has 2 aromatic carbocycles. The van der Waals surface area contributed by atoms with Gasteiger partial charge in [0.15, 0.2) is 0 Å². The third-order valence-electron chi connectivity index (χ3n) is 11.6. The molecule has 1 aromatic heterocycles. The van der Waals surface area contributed by atoms with Gasteiger partial charge in [-0.1, -0.05) is 43.3 Å². The van der Waals surface area contributed by atoms with Crippen molar-refractivity contribution in [1.29, 1.82) is 0 Å². The fraction of sp³-hybridized carbons (Fsp3) is 0.558. The summed E-state index contributed by atoms with van der Waals surface area (Å²) in [6.07, 6.45) is 4.05. The Balaban J connectivity index is 0.937. The monoisotopic (exact) mass is 773 g/mol. The lowest BCUT2D eigenvalue weighted by atomic mass is 9.91. The quantitative estimate of drug-likeness (QED) is 0.0894. The van der Waals surface area contributed by atoms with Crippen molar-refractivity contribution in [2.24, 2.45) is 0 Å². The van der Waals surface area contributed by atoms with Crippen LogP contribution in [0.4, 0.5) is 0 Å². The van der Waals surface area contributed by atoms with E-state index >= 15 is 0 Å². The summed E-state index contributed by atoms with van der Waals surface area (Å²) in [4.78, 5) is 33.8. The molecule has 1 unspecified atom stereocenters. The highest BCUT2D eigenvalue weighted by molar-refractivity contribution is 5.78. The van der Waals surface area contributed by atoms with Crippen molar-refractivity contribution in [2.75, 3.05) is 45.9 Å². The molecule has 304 valence electrons. The third kappa shape index (κ3) is 10.7. The van der Waals surface area contributed by atoms with E-state index in [0.717, 1.165) is 56.4 Å². The molecule has 3 aliphatic rings. The normalized spacial score (nSPS) is 19.4. The molecule has 5 atom stereocenters. The Bertz CT molecular complexity index is 1780. The molecule has 13 nitrogen and oxygen atoms in total. The van der Waals surface area contributed by atoms with Gasteiger partial charge in [0.25, 0.3) is 0 Å². The Labute approximate surface area is 329 Å². The van der Waals surface area contributed by atoms with E-state index < -0.39 is 31.0 Å². The maximum Gasteiger partial charge on any atom is 0.234 e. The number of carbonyl (C=O) groups excluding carboxylic acids is 2. The number of para-hydroxylation sites is 1. The zero-order valence-electron chi connectivity index (χ0n) is 32.6. The van der Waals surface area contributed by atoms with Gasteiger partial charge in [-0.2, -0.15) is 0 Å². The van der Waals surface area contributed by atoms with Gasteiger partial charge in [0, 0.05) is 69.2 Å². The summed E-state index contributed by atoms with van der Waals surface area (Å²) in [5.74, 6) is 0.974. The maximum absolute atomic E-state index is 13.1. The molecular formula is C43H59N5O8. The molecule has 2 saturated carbocycles. The highest BCUT2D eigenvalue weighted by Crippen LogP contribution is 2.50. The van der Waals surface area contributed by atoms with Crippen molar-refractivity contribution in [2.45, 2.75) is 107 Å². The van der Waals surface area contributed by atoms with E-state index in [4.69, 9.17) is 9.84 Å². The maximum atomic E-state index is 13.1. The van der Waals surface area contributed by atoms with Crippen LogP contribution >= 0.6 is 0 Å². The predicted octanol–water partition coefficient (Wildman–Crippen LogP) is 2.35. The van der Waals surface area contributed by atoms with Gasteiger partial charge in [-0.25, -0.2) is 0 Å². The van der Waals surface area contributed by atoms with Crippen molar-refractivity contribution >= 4 is 11.8 Å². The van der Waals surface area contributed by atoms with Gasteiger partial charge < -0.3 is 45.8 Å². The average Bonchev–Trinajstić information content (AvgIpc) is 4.17. The van der Waals surface area contributed by atoms with Crippen molar-refractivity contribution in [1.82, 2.24) is 25.4 Å². The predicted molar refractivity (Wildman–Crippen MR) is 212 cm³/mol. The summed E-state index contributed by atoms with van der Waals surface area (Å²) in [6.45, 7) is 6.20. The highest BCUT2D eigenvalue weighted by Gasteiger charge is 2.46. The Hall–Kier alpha value is -3.95. The van der Waals surface area contributed by atoms with E-state index in [-0.39, 0.29) is 30.4 Å². The van der Waals surface area contributed by atoms with E-state index in [2.05, 4.69) is 71.9 Å². The molecule has 2 aliphatic carbocycles. The SMILES string of the molecule is Cc1ccc(C(C)CCCC(=O)N2CCN(CC(=O)NC[C@H](O)[C@@H](O)[C@H](O)[C@H](O)CO)CC2)cc1CNC1(c2cnccc2-c2ccccc2OC2CC2)CC1. The van der Waals surface area contributed by atoms with Crippen molar-refractivity contribution in [3.8, 4) is 16.9 Å². The second-order valence-electron chi connectivity index (χ2n) is 15.9. The second kappa shape index (κ2) is 19.0. The zero-order valence-corrected chi connectivity index (χ0v) is 32.6. The number of aliphatic hydroxyl groups excluding tert-OH is 5. The van der Waals surface area contributed by atoms with Crippen LogP contribution in [0.15, 0.2) is 60.9 Å². The molecule has 2 heterocycles. The number of hydrogen-bond donors (Lipinski definition) is 7. The van der Waals surface area contributed by atoms with Gasteiger partial charge in [0.05, 0.1) is 25.4 Å². The first-order chi connectivity index (χ1) is 27.0. The number of aromatic nitrogens is 1.